The number of carbonyl (C=O) groups is 1. The van der Waals surface area contributed by atoms with E-state index in [9.17, 15) is 14.9 Å². The molecule has 35 heavy (non-hydrogen) atoms. The molecule has 1 saturated heterocycles. The van der Waals surface area contributed by atoms with Crippen LogP contribution in [0, 0.1) is 17.0 Å². The summed E-state index contributed by atoms with van der Waals surface area (Å²) in [6, 6.07) is 27.2. The standard InChI is InChI=1S/C27H19N3O4S/c1-18-22(13-8-14-23(18)30(32)33)24-16-15-21(34-24)17-25-26(31)29(20-11-6-3-7-12-20)27(35-25)28-19-9-4-2-5-10-19/h2-17H,1H3/b25-17+,28-27?. The van der Waals surface area contributed by atoms with Gasteiger partial charge in [-0.05, 0) is 55.1 Å². The molecule has 0 aliphatic carbocycles. The minimum atomic E-state index is -0.412. The number of anilines is 1. The van der Waals surface area contributed by atoms with Gasteiger partial charge in [-0.2, -0.15) is 0 Å². The van der Waals surface area contributed by atoms with E-state index in [1.165, 1.54) is 17.8 Å². The molecule has 5 rings (SSSR count). The van der Waals surface area contributed by atoms with Gasteiger partial charge >= 0.3 is 0 Å². The highest BCUT2D eigenvalue weighted by molar-refractivity contribution is 8.19. The molecule has 0 spiro atoms. The summed E-state index contributed by atoms with van der Waals surface area (Å²) in [6.07, 6.45) is 1.67. The Labute approximate surface area is 205 Å². The van der Waals surface area contributed by atoms with Crippen molar-refractivity contribution in [3.8, 4) is 11.3 Å². The van der Waals surface area contributed by atoms with E-state index < -0.39 is 4.92 Å². The zero-order valence-electron chi connectivity index (χ0n) is 18.6. The maximum Gasteiger partial charge on any atom is 0.273 e. The van der Waals surface area contributed by atoms with Gasteiger partial charge in [-0.25, -0.2) is 4.99 Å². The third-order valence-electron chi connectivity index (χ3n) is 5.47. The Hall–Kier alpha value is -4.43. The summed E-state index contributed by atoms with van der Waals surface area (Å²) >= 11 is 1.26. The van der Waals surface area contributed by atoms with Crippen LogP contribution in [0.3, 0.4) is 0 Å². The number of carbonyl (C=O) groups excluding carboxylic acids is 1. The van der Waals surface area contributed by atoms with Gasteiger partial charge in [0.15, 0.2) is 5.17 Å². The summed E-state index contributed by atoms with van der Waals surface area (Å²) < 4.78 is 5.97. The molecule has 4 aromatic rings. The highest BCUT2D eigenvalue weighted by atomic mass is 32.2. The molecule has 0 unspecified atom stereocenters. The molecular weight excluding hydrogens is 462 g/mol. The fraction of sp³-hybridized carbons (Fsp3) is 0.0370. The summed E-state index contributed by atoms with van der Waals surface area (Å²) in [5.41, 5.74) is 2.64. The Morgan fingerprint density at radius 2 is 1.66 bits per heavy atom. The molecule has 0 radical (unpaired) electrons. The van der Waals surface area contributed by atoms with Crippen molar-refractivity contribution in [1.29, 1.82) is 0 Å². The van der Waals surface area contributed by atoms with E-state index in [1.54, 1.807) is 42.2 Å². The third-order valence-corrected chi connectivity index (χ3v) is 6.44. The van der Waals surface area contributed by atoms with Crippen LogP contribution in [-0.4, -0.2) is 16.0 Å². The molecule has 0 atom stereocenters. The predicted octanol–water partition coefficient (Wildman–Crippen LogP) is 6.97. The molecule has 0 N–H and O–H groups in total. The van der Waals surface area contributed by atoms with Crippen LogP contribution in [0.25, 0.3) is 17.4 Å². The van der Waals surface area contributed by atoms with Gasteiger partial charge in [-0.1, -0.05) is 48.5 Å². The Balaban J connectivity index is 1.51. The van der Waals surface area contributed by atoms with Crippen LogP contribution in [0.1, 0.15) is 11.3 Å². The van der Waals surface area contributed by atoms with Crippen LogP contribution in [0.2, 0.25) is 0 Å². The molecule has 3 aromatic carbocycles. The van der Waals surface area contributed by atoms with Crippen molar-refractivity contribution in [1.82, 2.24) is 0 Å². The number of hydrogen-bond acceptors (Lipinski definition) is 6. The molecule has 1 fully saturated rings. The van der Waals surface area contributed by atoms with Crippen molar-refractivity contribution in [3.63, 3.8) is 0 Å². The quantitative estimate of drug-likeness (QED) is 0.174. The zero-order chi connectivity index (χ0) is 24.4. The molecule has 0 saturated carbocycles. The topological polar surface area (TPSA) is 89.0 Å². The van der Waals surface area contributed by atoms with Crippen LogP contribution in [0.4, 0.5) is 17.1 Å². The zero-order valence-corrected chi connectivity index (χ0v) is 19.4. The number of hydrogen-bond donors (Lipinski definition) is 0. The number of amides is 1. The number of benzene rings is 3. The van der Waals surface area contributed by atoms with Crippen molar-refractivity contribution in [2.75, 3.05) is 4.90 Å². The molecule has 2 heterocycles. The lowest BCUT2D eigenvalue weighted by Gasteiger charge is -2.15. The van der Waals surface area contributed by atoms with Gasteiger partial charge in [0.1, 0.15) is 11.5 Å². The Bertz CT molecular complexity index is 1480. The van der Waals surface area contributed by atoms with Crippen molar-refractivity contribution >= 4 is 46.0 Å². The van der Waals surface area contributed by atoms with Gasteiger partial charge < -0.3 is 4.42 Å². The van der Waals surface area contributed by atoms with E-state index in [-0.39, 0.29) is 11.6 Å². The second-order valence-corrected chi connectivity index (χ2v) is 8.73. The smallest absolute Gasteiger partial charge is 0.273 e. The maximum absolute atomic E-state index is 13.4. The number of furan rings is 1. The minimum absolute atomic E-state index is 0.0283. The number of para-hydroxylation sites is 2. The molecule has 1 amide bonds. The van der Waals surface area contributed by atoms with Crippen molar-refractivity contribution in [2.45, 2.75) is 6.92 Å². The van der Waals surface area contributed by atoms with Crippen LogP contribution in [-0.2, 0) is 4.79 Å². The first-order valence-corrected chi connectivity index (χ1v) is 11.6. The average Bonchev–Trinajstić information content (AvgIpc) is 3.44. The van der Waals surface area contributed by atoms with E-state index in [0.717, 1.165) is 11.4 Å². The minimum Gasteiger partial charge on any atom is -0.457 e. The molecule has 1 aromatic heterocycles. The van der Waals surface area contributed by atoms with E-state index in [1.807, 2.05) is 60.7 Å². The summed E-state index contributed by atoms with van der Waals surface area (Å²) in [6.45, 7) is 1.69. The van der Waals surface area contributed by atoms with Crippen molar-refractivity contribution in [2.24, 2.45) is 4.99 Å². The van der Waals surface area contributed by atoms with Gasteiger partial charge in [-0.15, -0.1) is 0 Å². The van der Waals surface area contributed by atoms with E-state index in [2.05, 4.69) is 0 Å². The maximum atomic E-state index is 13.4. The summed E-state index contributed by atoms with van der Waals surface area (Å²) in [7, 11) is 0. The molecule has 7 nitrogen and oxygen atoms in total. The van der Waals surface area contributed by atoms with Crippen molar-refractivity contribution < 1.29 is 14.1 Å². The second kappa shape index (κ2) is 9.44. The van der Waals surface area contributed by atoms with Gasteiger partial charge in [0, 0.05) is 23.3 Å². The van der Waals surface area contributed by atoms with Crippen LogP contribution in [0.15, 0.2) is 105 Å². The number of rotatable bonds is 5. The third kappa shape index (κ3) is 4.51. The lowest BCUT2D eigenvalue weighted by molar-refractivity contribution is -0.385. The SMILES string of the molecule is Cc1c(-c2ccc(/C=C3/SC(=Nc4ccccc4)N(c4ccccc4)C3=O)o2)cccc1[N+](=O)[O-]. The van der Waals surface area contributed by atoms with Gasteiger partial charge in [0.2, 0.25) is 0 Å². The molecule has 0 bridgehead atoms. The number of nitro groups is 1. The monoisotopic (exact) mass is 481 g/mol. The lowest BCUT2D eigenvalue weighted by Crippen LogP contribution is -2.28. The normalized spacial score (nSPS) is 15.8. The first-order valence-electron chi connectivity index (χ1n) is 10.8. The fourth-order valence-corrected chi connectivity index (χ4v) is 4.74. The first kappa shape index (κ1) is 22.4. The summed E-state index contributed by atoms with van der Waals surface area (Å²) in [5.74, 6) is 0.752. The number of aliphatic imine (C=N–C) groups is 1. The largest absolute Gasteiger partial charge is 0.457 e. The molecule has 1 aliphatic rings. The highest BCUT2D eigenvalue weighted by Gasteiger charge is 2.35. The number of amidine groups is 1. The fourth-order valence-electron chi connectivity index (χ4n) is 3.76. The molecule has 172 valence electrons. The predicted molar refractivity (Wildman–Crippen MR) is 139 cm³/mol. The summed E-state index contributed by atoms with van der Waals surface area (Å²) in [5, 5.41) is 11.8. The van der Waals surface area contributed by atoms with Crippen LogP contribution in [0.5, 0.6) is 0 Å². The van der Waals surface area contributed by atoms with E-state index in [0.29, 0.717) is 32.7 Å². The van der Waals surface area contributed by atoms with E-state index >= 15 is 0 Å². The molecule has 1 aliphatic heterocycles. The second-order valence-electron chi connectivity index (χ2n) is 7.73. The highest BCUT2D eigenvalue weighted by Crippen LogP contribution is 2.38. The van der Waals surface area contributed by atoms with E-state index in [4.69, 9.17) is 9.41 Å². The van der Waals surface area contributed by atoms with Gasteiger partial charge in [0.25, 0.3) is 11.6 Å². The molecular formula is C27H19N3O4S. The average molecular weight is 482 g/mol. The van der Waals surface area contributed by atoms with Gasteiger partial charge in [-0.3, -0.25) is 19.8 Å². The van der Waals surface area contributed by atoms with Crippen LogP contribution >= 0.6 is 11.8 Å². The molecule has 8 heteroatoms. The Kier molecular flexibility index (Phi) is 6.03. The summed E-state index contributed by atoms with van der Waals surface area (Å²) in [4.78, 5) is 31.0. The number of nitrogens with zero attached hydrogens (tertiary/aromatic N) is 3. The number of thioether (sulfide) groups is 1. The number of nitro benzene ring substituents is 1. The van der Waals surface area contributed by atoms with Gasteiger partial charge in [0.05, 0.1) is 21.2 Å². The lowest BCUT2D eigenvalue weighted by atomic mass is 10.1. The Morgan fingerprint density at radius 1 is 0.943 bits per heavy atom. The Morgan fingerprint density at radius 3 is 2.37 bits per heavy atom. The van der Waals surface area contributed by atoms with Crippen molar-refractivity contribution in [3.05, 3.63) is 117 Å². The van der Waals surface area contributed by atoms with Crippen LogP contribution < -0.4 is 4.90 Å². The first-order chi connectivity index (χ1) is 17.0.